The van der Waals surface area contributed by atoms with Crippen molar-refractivity contribution in [2.75, 3.05) is 26.2 Å². The molecule has 0 saturated carbocycles. The van der Waals surface area contributed by atoms with Crippen molar-refractivity contribution in [3.8, 4) is 0 Å². The molecule has 0 radical (unpaired) electrons. The zero-order chi connectivity index (χ0) is 18.8. The second-order valence-electron chi connectivity index (χ2n) is 6.64. The number of halogens is 2. The molecule has 1 saturated heterocycles. The highest BCUT2D eigenvalue weighted by Crippen LogP contribution is 2.24. The number of fused-ring (bicyclic) bond motifs is 1. The number of piperazine rings is 1. The minimum Gasteiger partial charge on any atom is -0.340 e. The highest BCUT2D eigenvalue weighted by molar-refractivity contribution is 7.18. The molecule has 2 heterocycles. The van der Waals surface area contributed by atoms with Gasteiger partial charge in [-0.2, -0.15) is 0 Å². The molecule has 7 heteroatoms. The molecular weight excluding hydrogens is 401 g/mol. The summed E-state index contributed by atoms with van der Waals surface area (Å²) >= 11 is 13.9. The Morgan fingerprint density at radius 1 is 1.07 bits per heavy atom. The van der Waals surface area contributed by atoms with E-state index in [-0.39, 0.29) is 5.91 Å². The molecule has 4 rings (SSSR count). The lowest BCUT2D eigenvalue weighted by molar-refractivity contribution is -0.132. The number of para-hydroxylation sites is 1. The Morgan fingerprint density at radius 2 is 1.85 bits per heavy atom. The van der Waals surface area contributed by atoms with Gasteiger partial charge < -0.3 is 4.90 Å². The van der Waals surface area contributed by atoms with Gasteiger partial charge in [0.2, 0.25) is 5.91 Å². The van der Waals surface area contributed by atoms with Crippen LogP contribution in [0.25, 0.3) is 10.2 Å². The molecule has 0 atom stereocenters. The summed E-state index contributed by atoms with van der Waals surface area (Å²) in [4.78, 5) is 21.6. The van der Waals surface area contributed by atoms with Crippen LogP contribution in [0.3, 0.4) is 0 Å². The van der Waals surface area contributed by atoms with Gasteiger partial charge in [0.1, 0.15) is 5.01 Å². The average Bonchev–Trinajstić information content (AvgIpc) is 3.07. The molecule has 1 aliphatic heterocycles. The van der Waals surface area contributed by atoms with Crippen molar-refractivity contribution in [3.63, 3.8) is 0 Å². The summed E-state index contributed by atoms with van der Waals surface area (Å²) in [5.74, 6) is 0.110. The summed E-state index contributed by atoms with van der Waals surface area (Å²) < 4.78 is 1.22. The first-order valence-corrected chi connectivity index (χ1v) is 10.4. The Morgan fingerprint density at radius 3 is 2.59 bits per heavy atom. The maximum Gasteiger partial charge on any atom is 0.227 e. The Bertz CT molecular complexity index is 934. The number of hydrogen-bond acceptors (Lipinski definition) is 4. The summed E-state index contributed by atoms with van der Waals surface area (Å²) in [7, 11) is 0. The van der Waals surface area contributed by atoms with E-state index in [9.17, 15) is 4.79 Å². The van der Waals surface area contributed by atoms with Gasteiger partial charge >= 0.3 is 0 Å². The van der Waals surface area contributed by atoms with Gasteiger partial charge in [0.15, 0.2) is 0 Å². The zero-order valence-electron chi connectivity index (χ0n) is 14.7. The van der Waals surface area contributed by atoms with E-state index in [1.54, 1.807) is 23.5 Å². The number of benzene rings is 2. The van der Waals surface area contributed by atoms with Crippen LogP contribution in [0.2, 0.25) is 10.0 Å². The first-order valence-electron chi connectivity index (χ1n) is 8.87. The third-order valence-electron chi connectivity index (χ3n) is 4.78. The fourth-order valence-corrected chi connectivity index (χ4v) is 4.76. The predicted octanol–water partition coefficient (Wildman–Crippen LogP) is 4.49. The van der Waals surface area contributed by atoms with E-state index in [1.807, 2.05) is 29.2 Å². The maximum atomic E-state index is 12.6. The second kappa shape index (κ2) is 8.15. The number of carbonyl (C=O) groups excluding carboxylic acids is 1. The number of aromatic nitrogens is 1. The van der Waals surface area contributed by atoms with Gasteiger partial charge in [-0.1, -0.05) is 41.4 Å². The minimum absolute atomic E-state index is 0.110. The molecule has 0 unspecified atom stereocenters. The minimum atomic E-state index is 0.110. The average molecular weight is 420 g/mol. The lowest BCUT2D eigenvalue weighted by Gasteiger charge is -2.34. The number of amides is 1. The van der Waals surface area contributed by atoms with Crippen molar-refractivity contribution in [2.24, 2.45) is 0 Å². The lowest BCUT2D eigenvalue weighted by Crippen LogP contribution is -2.48. The smallest absolute Gasteiger partial charge is 0.227 e. The van der Waals surface area contributed by atoms with Crippen LogP contribution in [0.5, 0.6) is 0 Å². The van der Waals surface area contributed by atoms with Gasteiger partial charge in [0.25, 0.3) is 0 Å². The van der Waals surface area contributed by atoms with Crippen molar-refractivity contribution < 1.29 is 4.79 Å². The Hall–Kier alpha value is -1.66. The van der Waals surface area contributed by atoms with Crippen molar-refractivity contribution in [3.05, 3.63) is 63.1 Å². The van der Waals surface area contributed by atoms with E-state index in [1.165, 1.54) is 4.70 Å². The third-order valence-corrected chi connectivity index (χ3v) is 6.39. The molecule has 2 aromatic carbocycles. The van der Waals surface area contributed by atoms with Crippen LogP contribution in [0.15, 0.2) is 42.5 Å². The third kappa shape index (κ3) is 4.43. The molecule has 3 aromatic rings. The predicted molar refractivity (Wildman–Crippen MR) is 112 cm³/mol. The highest BCUT2D eigenvalue weighted by atomic mass is 35.5. The van der Waals surface area contributed by atoms with Gasteiger partial charge in [-0.3, -0.25) is 9.69 Å². The van der Waals surface area contributed by atoms with Gasteiger partial charge in [0, 0.05) is 36.2 Å². The normalized spacial score (nSPS) is 15.4. The van der Waals surface area contributed by atoms with Crippen molar-refractivity contribution >= 4 is 50.7 Å². The van der Waals surface area contributed by atoms with Crippen molar-refractivity contribution in [2.45, 2.75) is 13.0 Å². The van der Waals surface area contributed by atoms with E-state index in [0.29, 0.717) is 16.5 Å². The number of rotatable bonds is 4. The van der Waals surface area contributed by atoms with Gasteiger partial charge in [-0.15, -0.1) is 11.3 Å². The van der Waals surface area contributed by atoms with Crippen LogP contribution in [-0.4, -0.2) is 46.9 Å². The Balaban J connectivity index is 1.32. The lowest BCUT2D eigenvalue weighted by atomic mass is 10.1. The van der Waals surface area contributed by atoms with Crippen LogP contribution < -0.4 is 0 Å². The summed E-state index contributed by atoms with van der Waals surface area (Å²) in [6.45, 7) is 4.01. The van der Waals surface area contributed by atoms with Crippen LogP contribution in [0, 0.1) is 0 Å². The Kier molecular flexibility index (Phi) is 5.64. The zero-order valence-corrected chi connectivity index (χ0v) is 17.0. The molecular formula is C20H19Cl2N3OS. The topological polar surface area (TPSA) is 36.4 Å². The molecule has 0 N–H and O–H groups in total. The van der Waals surface area contributed by atoms with Gasteiger partial charge in [0.05, 0.1) is 23.2 Å². The van der Waals surface area contributed by atoms with E-state index < -0.39 is 0 Å². The van der Waals surface area contributed by atoms with Crippen molar-refractivity contribution in [1.29, 1.82) is 0 Å². The molecule has 1 fully saturated rings. The van der Waals surface area contributed by atoms with E-state index >= 15 is 0 Å². The molecule has 1 aliphatic rings. The van der Waals surface area contributed by atoms with Crippen LogP contribution >= 0.6 is 34.5 Å². The fourth-order valence-electron chi connectivity index (χ4n) is 3.27. The fraction of sp³-hybridized carbons (Fsp3) is 0.300. The summed E-state index contributed by atoms with van der Waals surface area (Å²) in [5, 5.41) is 2.26. The molecule has 1 amide bonds. The van der Waals surface area contributed by atoms with Gasteiger partial charge in [-0.05, 0) is 29.8 Å². The Labute approximate surface area is 172 Å². The van der Waals surface area contributed by atoms with E-state index in [0.717, 1.165) is 48.8 Å². The monoisotopic (exact) mass is 419 g/mol. The van der Waals surface area contributed by atoms with E-state index in [2.05, 4.69) is 11.0 Å². The quantitative estimate of drug-likeness (QED) is 0.624. The number of carbonyl (C=O) groups is 1. The summed E-state index contributed by atoms with van der Waals surface area (Å²) in [6.07, 6.45) is 0.313. The van der Waals surface area contributed by atoms with Gasteiger partial charge in [-0.25, -0.2) is 4.98 Å². The second-order valence-corrected chi connectivity index (χ2v) is 8.60. The first-order chi connectivity index (χ1) is 13.1. The molecule has 4 nitrogen and oxygen atoms in total. The molecule has 0 aliphatic carbocycles. The maximum absolute atomic E-state index is 12.6. The number of thiazole rings is 1. The van der Waals surface area contributed by atoms with Crippen LogP contribution in [0.1, 0.15) is 10.6 Å². The summed E-state index contributed by atoms with van der Waals surface area (Å²) in [5.41, 5.74) is 1.88. The number of hydrogen-bond donors (Lipinski definition) is 0. The first kappa shape index (κ1) is 18.7. The molecule has 27 heavy (non-hydrogen) atoms. The number of nitrogens with zero attached hydrogens (tertiary/aromatic N) is 3. The van der Waals surface area contributed by atoms with Crippen LogP contribution in [0.4, 0.5) is 0 Å². The van der Waals surface area contributed by atoms with E-state index in [4.69, 9.17) is 28.2 Å². The molecule has 0 spiro atoms. The van der Waals surface area contributed by atoms with Crippen LogP contribution in [-0.2, 0) is 17.8 Å². The highest BCUT2D eigenvalue weighted by Gasteiger charge is 2.22. The standard InChI is InChI=1S/C20H19Cl2N3OS/c21-15-6-5-14(16(22)12-15)11-20(26)25-9-7-24(8-10-25)13-19-23-17-3-1-2-4-18(17)27-19/h1-6,12H,7-11,13H2. The molecule has 1 aromatic heterocycles. The largest absolute Gasteiger partial charge is 0.340 e. The molecule has 140 valence electrons. The summed E-state index contributed by atoms with van der Waals surface area (Å²) in [6, 6.07) is 13.5. The molecule has 0 bridgehead atoms. The van der Waals surface area contributed by atoms with Crippen molar-refractivity contribution in [1.82, 2.24) is 14.8 Å². The SMILES string of the molecule is O=C(Cc1ccc(Cl)cc1Cl)N1CCN(Cc2nc3ccccc3s2)CC1.